The van der Waals surface area contributed by atoms with E-state index in [9.17, 15) is 9.59 Å². The Balaban J connectivity index is 1.31. The SMILES string of the molecule is O=C(Nc1cccs1)N1CCCC(C(=O)N2CCn3c2nc2ccccc23)C1. The summed E-state index contributed by atoms with van der Waals surface area (Å²) in [5, 5.41) is 5.67. The van der Waals surface area contributed by atoms with E-state index >= 15 is 0 Å². The van der Waals surface area contributed by atoms with Gasteiger partial charge in [0.1, 0.15) is 0 Å². The van der Waals surface area contributed by atoms with E-state index < -0.39 is 0 Å². The minimum absolute atomic E-state index is 0.0719. The van der Waals surface area contributed by atoms with Crippen LogP contribution < -0.4 is 10.2 Å². The monoisotopic (exact) mass is 395 g/mol. The number of hydrogen-bond acceptors (Lipinski definition) is 4. The number of carbonyl (C=O) groups is 2. The Morgan fingerprint density at radius 1 is 1.11 bits per heavy atom. The van der Waals surface area contributed by atoms with Gasteiger partial charge in [0.2, 0.25) is 11.9 Å². The molecule has 1 atom stereocenters. The lowest BCUT2D eigenvalue weighted by Crippen LogP contribution is -2.47. The molecule has 2 aliphatic rings. The summed E-state index contributed by atoms with van der Waals surface area (Å²) in [6.45, 7) is 2.53. The summed E-state index contributed by atoms with van der Waals surface area (Å²) in [6.07, 6.45) is 1.64. The molecular formula is C20H21N5O2S. The maximum atomic E-state index is 13.2. The number of carbonyl (C=O) groups excluding carboxylic acids is 2. The van der Waals surface area contributed by atoms with Crippen LogP contribution in [0.15, 0.2) is 41.8 Å². The molecule has 5 rings (SSSR count). The number of rotatable bonds is 2. The fraction of sp³-hybridized carbons (Fsp3) is 0.350. The molecule has 0 radical (unpaired) electrons. The second kappa shape index (κ2) is 6.94. The van der Waals surface area contributed by atoms with Gasteiger partial charge in [0.25, 0.3) is 0 Å². The summed E-state index contributed by atoms with van der Waals surface area (Å²) in [6, 6.07) is 11.6. The Morgan fingerprint density at radius 3 is 2.86 bits per heavy atom. The third kappa shape index (κ3) is 2.93. The highest BCUT2D eigenvalue weighted by molar-refractivity contribution is 7.14. The van der Waals surface area contributed by atoms with Gasteiger partial charge in [-0.15, -0.1) is 11.3 Å². The van der Waals surface area contributed by atoms with Gasteiger partial charge in [-0.3, -0.25) is 15.0 Å². The van der Waals surface area contributed by atoms with Crippen molar-refractivity contribution in [1.29, 1.82) is 0 Å². The third-order valence-electron chi connectivity index (χ3n) is 5.50. The van der Waals surface area contributed by atoms with Crippen molar-refractivity contribution in [2.75, 3.05) is 29.9 Å². The standard InChI is InChI=1S/C20H21N5O2S/c26-18(25-11-10-24-16-7-2-1-6-15(16)21-19(24)25)14-5-3-9-23(13-14)20(27)22-17-8-4-12-28-17/h1-2,4,6-8,12,14H,3,5,9-11,13H2,(H,22,27). The van der Waals surface area contributed by atoms with Crippen molar-refractivity contribution in [3.63, 3.8) is 0 Å². The van der Waals surface area contributed by atoms with Gasteiger partial charge in [0, 0.05) is 26.2 Å². The molecular weight excluding hydrogens is 374 g/mol. The van der Waals surface area contributed by atoms with Crippen LogP contribution in [0.25, 0.3) is 11.0 Å². The molecule has 2 aliphatic heterocycles. The number of aromatic nitrogens is 2. The molecule has 1 fully saturated rings. The van der Waals surface area contributed by atoms with Crippen molar-refractivity contribution in [2.24, 2.45) is 5.92 Å². The van der Waals surface area contributed by atoms with Crippen LogP contribution in [0.1, 0.15) is 12.8 Å². The number of hydrogen-bond donors (Lipinski definition) is 1. The number of nitrogens with zero attached hydrogens (tertiary/aromatic N) is 4. The Hall–Kier alpha value is -2.87. The number of fused-ring (bicyclic) bond motifs is 3. The summed E-state index contributed by atoms with van der Waals surface area (Å²) in [4.78, 5) is 34.0. The maximum absolute atomic E-state index is 13.2. The number of benzene rings is 1. The summed E-state index contributed by atoms with van der Waals surface area (Å²) >= 11 is 1.49. The van der Waals surface area contributed by atoms with Crippen molar-refractivity contribution >= 4 is 45.3 Å². The smallest absolute Gasteiger partial charge is 0.322 e. The molecule has 1 aromatic carbocycles. The number of para-hydroxylation sites is 2. The van der Waals surface area contributed by atoms with Gasteiger partial charge in [-0.1, -0.05) is 12.1 Å². The number of imidazole rings is 1. The van der Waals surface area contributed by atoms with Crippen molar-refractivity contribution in [1.82, 2.24) is 14.5 Å². The molecule has 4 heterocycles. The summed E-state index contributed by atoms with van der Waals surface area (Å²) in [5.74, 6) is 0.614. The number of amides is 3. The molecule has 1 saturated heterocycles. The van der Waals surface area contributed by atoms with E-state index in [-0.39, 0.29) is 17.9 Å². The zero-order valence-corrected chi connectivity index (χ0v) is 16.2. The Morgan fingerprint density at radius 2 is 2.00 bits per heavy atom. The molecule has 0 aliphatic carbocycles. The molecule has 3 amide bonds. The van der Waals surface area contributed by atoms with Crippen molar-refractivity contribution in [2.45, 2.75) is 19.4 Å². The maximum Gasteiger partial charge on any atom is 0.322 e. The van der Waals surface area contributed by atoms with E-state index in [2.05, 4.69) is 14.9 Å². The molecule has 3 aromatic rings. The molecule has 2 aromatic heterocycles. The lowest BCUT2D eigenvalue weighted by Gasteiger charge is -2.33. The predicted molar refractivity (Wildman–Crippen MR) is 110 cm³/mol. The highest BCUT2D eigenvalue weighted by atomic mass is 32.1. The topological polar surface area (TPSA) is 70.5 Å². The number of likely N-dealkylation sites (tertiary alicyclic amines) is 1. The highest BCUT2D eigenvalue weighted by Crippen LogP contribution is 2.30. The van der Waals surface area contributed by atoms with Crippen LogP contribution in [0, 0.1) is 5.92 Å². The number of piperidine rings is 1. The highest BCUT2D eigenvalue weighted by Gasteiger charge is 2.36. The van der Waals surface area contributed by atoms with Crippen LogP contribution in [-0.4, -0.2) is 46.0 Å². The van der Waals surface area contributed by atoms with E-state index in [1.165, 1.54) is 11.3 Å². The Labute approximate surface area is 166 Å². The zero-order valence-electron chi connectivity index (χ0n) is 15.4. The van der Waals surface area contributed by atoms with Gasteiger partial charge in [0.05, 0.1) is 22.0 Å². The number of nitrogens with one attached hydrogen (secondary N) is 1. The van der Waals surface area contributed by atoms with Gasteiger partial charge in [-0.2, -0.15) is 0 Å². The summed E-state index contributed by atoms with van der Waals surface area (Å²) in [5.41, 5.74) is 1.98. The van der Waals surface area contributed by atoms with Gasteiger partial charge in [0.15, 0.2) is 0 Å². The second-order valence-electron chi connectivity index (χ2n) is 7.23. The molecule has 144 valence electrons. The minimum atomic E-state index is -0.186. The number of urea groups is 1. The van der Waals surface area contributed by atoms with Crippen molar-refractivity contribution < 1.29 is 9.59 Å². The summed E-state index contributed by atoms with van der Waals surface area (Å²) in [7, 11) is 0. The van der Waals surface area contributed by atoms with Crippen LogP contribution in [-0.2, 0) is 11.3 Å². The first-order valence-corrected chi connectivity index (χ1v) is 10.4. The molecule has 28 heavy (non-hydrogen) atoms. The molecule has 7 nitrogen and oxygen atoms in total. The lowest BCUT2D eigenvalue weighted by molar-refractivity contribution is -0.123. The first-order chi connectivity index (χ1) is 13.7. The van der Waals surface area contributed by atoms with Crippen molar-refractivity contribution in [3.8, 4) is 0 Å². The van der Waals surface area contributed by atoms with Gasteiger partial charge < -0.3 is 9.47 Å². The average molecular weight is 395 g/mol. The fourth-order valence-electron chi connectivity index (χ4n) is 4.12. The first kappa shape index (κ1) is 17.2. The Kier molecular flexibility index (Phi) is 4.27. The largest absolute Gasteiger partial charge is 0.324 e. The summed E-state index contributed by atoms with van der Waals surface area (Å²) < 4.78 is 2.11. The van der Waals surface area contributed by atoms with E-state index in [1.54, 1.807) is 9.80 Å². The van der Waals surface area contributed by atoms with Gasteiger partial charge >= 0.3 is 6.03 Å². The van der Waals surface area contributed by atoms with Crippen molar-refractivity contribution in [3.05, 3.63) is 41.8 Å². The number of anilines is 2. The molecule has 0 bridgehead atoms. The average Bonchev–Trinajstić information content (AvgIpc) is 3.44. The van der Waals surface area contributed by atoms with E-state index in [4.69, 9.17) is 0 Å². The van der Waals surface area contributed by atoms with Crippen LogP contribution in [0.4, 0.5) is 15.7 Å². The third-order valence-corrected chi connectivity index (χ3v) is 6.28. The second-order valence-corrected chi connectivity index (χ2v) is 8.18. The molecule has 8 heteroatoms. The lowest BCUT2D eigenvalue weighted by atomic mass is 9.97. The van der Waals surface area contributed by atoms with Crippen LogP contribution >= 0.6 is 11.3 Å². The predicted octanol–water partition coefficient (Wildman–Crippen LogP) is 3.39. The van der Waals surface area contributed by atoms with Crippen LogP contribution in [0.3, 0.4) is 0 Å². The number of thiophene rings is 1. The van der Waals surface area contributed by atoms with Crippen LogP contribution in [0.2, 0.25) is 0 Å². The fourth-order valence-corrected chi connectivity index (χ4v) is 4.72. The zero-order chi connectivity index (χ0) is 19.1. The first-order valence-electron chi connectivity index (χ1n) is 9.57. The Bertz CT molecular complexity index is 1030. The normalized spacial score (nSPS) is 19.1. The van der Waals surface area contributed by atoms with Gasteiger partial charge in [-0.25, -0.2) is 9.78 Å². The van der Waals surface area contributed by atoms with Crippen LogP contribution in [0.5, 0.6) is 0 Å². The van der Waals surface area contributed by atoms with E-state index in [0.29, 0.717) is 19.6 Å². The van der Waals surface area contributed by atoms with E-state index in [0.717, 1.165) is 41.4 Å². The van der Waals surface area contributed by atoms with E-state index in [1.807, 2.05) is 41.8 Å². The minimum Gasteiger partial charge on any atom is -0.324 e. The molecule has 0 spiro atoms. The van der Waals surface area contributed by atoms with Gasteiger partial charge in [-0.05, 0) is 42.5 Å². The quantitative estimate of drug-likeness (QED) is 0.723. The molecule has 0 saturated carbocycles. The molecule has 1 N–H and O–H groups in total. The molecule has 1 unspecified atom stereocenters.